The molecule has 1 unspecified atom stereocenters. The first-order valence-corrected chi connectivity index (χ1v) is 5.24. The summed E-state index contributed by atoms with van der Waals surface area (Å²) in [6.45, 7) is 2.04. The van der Waals surface area contributed by atoms with E-state index in [9.17, 15) is 14.9 Å². The first-order chi connectivity index (χ1) is 8.04. The van der Waals surface area contributed by atoms with E-state index in [1.165, 1.54) is 12.1 Å². The molecular weight excluding hydrogens is 228 g/mol. The van der Waals surface area contributed by atoms with Crippen LogP contribution >= 0.6 is 0 Å². The van der Waals surface area contributed by atoms with Gasteiger partial charge in [0.15, 0.2) is 0 Å². The summed E-state index contributed by atoms with van der Waals surface area (Å²) in [7, 11) is 0. The number of nitrogens with zero attached hydrogens (tertiary/aromatic N) is 1. The number of rotatable bonds is 7. The molecular formula is C10H14N2O5. The van der Waals surface area contributed by atoms with Crippen LogP contribution in [0.25, 0.3) is 0 Å². The number of furan rings is 1. The van der Waals surface area contributed by atoms with Crippen LogP contribution in [0.3, 0.4) is 0 Å². The Morgan fingerprint density at radius 2 is 2.35 bits per heavy atom. The van der Waals surface area contributed by atoms with Crippen LogP contribution in [0, 0.1) is 10.1 Å². The quantitative estimate of drug-likeness (QED) is 0.554. The smallest absolute Gasteiger partial charge is 0.433 e. The van der Waals surface area contributed by atoms with Gasteiger partial charge < -0.3 is 9.52 Å². The molecule has 0 aliphatic carbocycles. The highest BCUT2D eigenvalue weighted by molar-refractivity contribution is 5.73. The Bertz CT molecular complexity index is 401. The summed E-state index contributed by atoms with van der Waals surface area (Å²) >= 11 is 0. The molecule has 94 valence electrons. The summed E-state index contributed by atoms with van der Waals surface area (Å²) < 4.78 is 4.90. The molecule has 0 bridgehead atoms. The number of nitro groups is 1. The van der Waals surface area contributed by atoms with Gasteiger partial charge in [-0.15, -0.1) is 0 Å². The first-order valence-electron chi connectivity index (χ1n) is 5.24. The largest absolute Gasteiger partial charge is 0.480 e. The van der Waals surface area contributed by atoms with Crippen LogP contribution in [0.1, 0.15) is 25.5 Å². The van der Waals surface area contributed by atoms with Gasteiger partial charge in [0.2, 0.25) is 0 Å². The van der Waals surface area contributed by atoms with Crippen molar-refractivity contribution in [2.75, 3.05) is 0 Å². The lowest BCUT2D eigenvalue weighted by molar-refractivity contribution is -0.402. The molecule has 7 heteroatoms. The fraction of sp³-hybridized carbons (Fsp3) is 0.500. The maximum Gasteiger partial charge on any atom is 0.433 e. The number of carboxylic acids is 1. The minimum Gasteiger partial charge on any atom is -0.480 e. The molecule has 0 spiro atoms. The summed E-state index contributed by atoms with van der Waals surface area (Å²) in [5.74, 6) is -0.934. The van der Waals surface area contributed by atoms with E-state index in [2.05, 4.69) is 5.32 Å². The van der Waals surface area contributed by atoms with Gasteiger partial charge in [0, 0.05) is 0 Å². The van der Waals surface area contributed by atoms with Gasteiger partial charge in [0.1, 0.15) is 16.7 Å². The van der Waals surface area contributed by atoms with E-state index < -0.39 is 16.9 Å². The molecule has 2 N–H and O–H groups in total. The van der Waals surface area contributed by atoms with E-state index in [1.807, 2.05) is 6.92 Å². The maximum atomic E-state index is 10.8. The van der Waals surface area contributed by atoms with Gasteiger partial charge in [0.05, 0.1) is 12.6 Å². The predicted molar refractivity (Wildman–Crippen MR) is 58.5 cm³/mol. The second-order valence-corrected chi connectivity index (χ2v) is 3.56. The van der Waals surface area contributed by atoms with Crippen molar-refractivity contribution in [3.05, 3.63) is 28.0 Å². The van der Waals surface area contributed by atoms with Gasteiger partial charge in [-0.05, 0) is 12.5 Å². The Morgan fingerprint density at radius 1 is 1.65 bits per heavy atom. The predicted octanol–water partition coefficient (Wildman–Crippen LogP) is 1.53. The number of hydrogen-bond donors (Lipinski definition) is 2. The average Bonchev–Trinajstić information content (AvgIpc) is 2.72. The number of aliphatic carboxylic acids is 1. The fourth-order valence-electron chi connectivity index (χ4n) is 1.39. The van der Waals surface area contributed by atoms with Crippen LogP contribution in [0.2, 0.25) is 0 Å². The normalized spacial score (nSPS) is 12.3. The van der Waals surface area contributed by atoms with Gasteiger partial charge in [-0.2, -0.15) is 0 Å². The molecule has 0 radical (unpaired) electrons. The molecule has 0 aliphatic rings. The molecule has 1 atom stereocenters. The van der Waals surface area contributed by atoms with E-state index in [0.717, 1.165) is 6.42 Å². The van der Waals surface area contributed by atoms with Crippen LogP contribution in [-0.2, 0) is 11.3 Å². The summed E-state index contributed by atoms with van der Waals surface area (Å²) in [5.41, 5.74) is 0. The molecule has 1 rings (SSSR count). The van der Waals surface area contributed by atoms with E-state index in [-0.39, 0.29) is 12.4 Å². The molecule has 0 aromatic carbocycles. The molecule has 1 heterocycles. The van der Waals surface area contributed by atoms with Crippen LogP contribution in [0.5, 0.6) is 0 Å². The second kappa shape index (κ2) is 6.00. The highest BCUT2D eigenvalue weighted by Crippen LogP contribution is 2.15. The van der Waals surface area contributed by atoms with E-state index in [1.54, 1.807) is 0 Å². The van der Waals surface area contributed by atoms with E-state index in [0.29, 0.717) is 12.2 Å². The van der Waals surface area contributed by atoms with Crippen LogP contribution in [-0.4, -0.2) is 22.0 Å². The van der Waals surface area contributed by atoms with Crippen molar-refractivity contribution in [1.29, 1.82) is 0 Å². The van der Waals surface area contributed by atoms with E-state index >= 15 is 0 Å². The van der Waals surface area contributed by atoms with Crippen molar-refractivity contribution < 1.29 is 19.2 Å². The minimum atomic E-state index is -0.937. The zero-order valence-corrected chi connectivity index (χ0v) is 9.38. The summed E-state index contributed by atoms with van der Waals surface area (Å²) in [5, 5.41) is 22.0. The van der Waals surface area contributed by atoms with Gasteiger partial charge in [0.25, 0.3) is 0 Å². The van der Waals surface area contributed by atoms with E-state index in [4.69, 9.17) is 9.52 Å². The van der Waals surface area contributed by atoms with Gasteiger partial charge >= 0.3 is 11.9 Å². The third kappa shape index (κ3) is 3.87. The van der Waals surface area contributed by atoms with Gasteiger partial charge in [-0.25, -0.2) is 0 Å². The zero-order chi connectivity index (χ0) is 12.8. The molecule has 1 aromatic rings. The van der Waals surface area contributed by atoms with Crippen molar-refractivity contribution in [2.24, 2.45) is 0 Å². The second-order valence-electron chi connectivity index (χ2n) is 3.56. The molecule has 1 aromatic heterocycles. The Labute approximate surface area is 97.6 Å². The molecule has 0 fully saturated rings. The van der Waals surface area contributed by atoms with Gasteiger partial charge in [-0.1, -0.05) is 13.3 Å². The Kier molecular flexibility index (Phi) is 4.65. The topological polar surface area (TPSA) is 106 Å². The molecule has 0 amide bonds. The molecule has 7 nitrogen and oxygen atoms in total. The standard InChI is InChI=1S/C10H14N2O5/c1-2-3-8(10(13)14)11-6-7-4-5-9(17-7)12(15)16/h4-5,8,11H,2-3,6H2,1H3,(H,13,14). The zero-order valence-electron chi connectivity index (χ0n) is 9.38. The molecule has 0 saturated heterocycles. The van der Waals surface area contributed by atoms with Crippen molar-refractivity contribution in [2.45, 2.75) is 32.4 Å². The minimum absolute atomic E-state index is 0.158. The summed E-state index contributed by atoms with van der Waals surface area (Å²) in [4.78, 5) is 20.5. The molecule has 17 heavy (non-hydrogen) atoms. The lowest BCUT2D eigenvalue weighted by atomic mass is 10.1. The number of nitrogens with one attached hydrogen (secondary N) is 1. The average molecular weight is 242 g/mol. The number of carboxylic acid groups (broad SMARTS) is 1. The monoisotopic (exact) mass is 242 g/mol. The third-order valence-electron chi connectivity index (χ3n) is 2.23. The van der Waals surface area contributed by atoms with Crippen molar-refractivity contribution in [3.63, 3.8) is 0 Å². The van der Waals surface area contributed by atoms with Gasteiger partial charge in [-0.3, -0.25) is 20.2 Å². The molecule has 0 saturated carbocycles. The lowest BCUT2D eigenvalue weighted by Gasteiger charge is -2.11. The van der Waals surface area contributed by atoms with Crippen LogP contribution in [0.15, 0.2) is 16.5 Å². The van der Waals surface area contributed by atoms with Crippen molar-refractivity contribution in [3.8, 4) is 0 Å². The number of hydrogen-bond acceptors (Lipinski definition) is 5. The van der Waals surface area contributed by atoms with Crippen LogP contribution in [0.4, 0.5) is 5.88 Å². The Balaban J connectivity index is 2.53. The van der Waals surface area contributed by atoms with Crippen LogP contribution < -0.4 is 5.32 Å². The van der Waals surface area contributed by atoms with Crippen molar-refractivity contribution in [1.82, 2.24) is 5.32 Å². The summed E-state index contributed by atoms with van der Waals surface area (Å²) in [6.07, 6.45) is 1.24. The Morgan fingerprint density at radius 3 is 2.82 bits per heavy atom. The van der Waals surface area contributed by atoms with Crippen molar-refractivity contribution >= 4 is 11.9 Å². The SMILES string of the molecule is CCCC(NCc1ccc([N+](=O)[O-])o1)C(=O)O. The first kappa shape index (κ1) is 13.2. The maximum absolute atomic E-state index is 10.8. The molecule has 0 aliphatic heterocycles. The fourth-order valence-corrected chi connectivity index (χ4v) is 1.39. The highest BCUT2D eigenvalue weighted by atomic mass is 16.6. The third-order valence-corrected chi connectivity index (χ3v) is 2.23. The number of carbonyl (C=O) groups is 1. The highest BCUT2D eigenvalue weighted by Gasteiger charge is 2.17. The Hall–Kier alpha value is -1.89. The summed E-state index contributed by atoms with van der Waals surface area (Å²) in [6, 6.07) is 2.03. The lowest BCUT2D eigenvalue weighted by Crippen LogP contribution is -2.35.